The zero-order valence-electron chi connectivity index (χ0n) is 10.7. The normalized spacial score (nSPS) is 14.6. The van der Waals surface area contributed by atoms with Crippen LogP contribution in [0.1, 0.15) is 32.4 Å². The number of hydrogen-bond donors (Lipinski definition) is 2. The lowest BCUT2D eigenvalue weighted by Gasteiger charge is -2.26. The lowest BCUT2D eigenvalue weighted by Crippen LogP contribution is -2.42. The van der Waals surface area contributed by atoms with Gasteiger partial charge >= 0.3 is 0 Å². The fraction of sp³-hybridized carbons (Fsp3) is 0.462. The highest BCUT2D eigenvalue weighted by atomic mass is 35.5. The van der Waals surface area contributed by atoms with Crippen molar-refractivity contribution in [3.63, 3.8) is 0 Å². The lowest BCUT2D eigenvalue weighted by molar-refractivity contribution is -0.119. The number of carbonyl (C=O) groups excluding carboxylic acids is 1. The summed E-state index contributed by atoms with van der Waals surface area (Å²) in [7, 11) is 0. The van der Waals surface area contributed by atoms with Crippen LogP contribution >= 0.6 is 11.6 Å². The van der Waals surface area contributed by atoms with Crippen LogP contribution in [0.2, 0.25) is 5.02 Å². The van der Waals surface area contributed by atoms with Gasteiger partial charge in [-0.15, -0.1) is 0 Å². The van der Waals surface area contributed by atoms with Gasteiger partial charge in [-0.25, -0.2) is 4.39 Å². The number of rotatable bonds is 5. The third-order valence-corrected chi connectivity index (χ3v) is 3.06. The van der Waals surface area contributed by atoms with Crippen LogP contribution in [0, 0.1) is 11.7 Å². The Morgan fingerprint density at radius 1 is 1.39 bits per heavy atom. The van der Waals surface area contributed by atoms with Gasteiger partial charge in [0.2, 0.25) is 5.91 Å². The summed E-state index contributed by atoms with van der Waals surface area (Å²) in [5.41, 5.74) is 5.70. The van der Waals surface area contributed by atoms with Crippen LogP contribution in [-0.2, 0) is 4.79 Å². The molecule has 0 spiro atoms. The Kier molecular flexibility index (Phi) is 5.11. The Balaban J connectivity index is 3.01. The average Bonchev–Trinajstić information content (AvgIpc) is 2.26. The van der Waals surface area contributed by atoms with Gasteiger partial charge in [0.25, 0.3) is 0 Å². The van der Waals surface area contributed by atoms with Gasteiger partial charge in [0, 0.05) is 16.6 Å². The molecule has 0 aliphatic rings. The first kappa shape index (κ1) is 14.9. The summed E-state index contributed by atoms with van der Waals surface area (Å²) >= 11 is 5.72. The fourth-order valence-corrected chi connectivity index (χ4v) is 1.91. The van der Waals surface area contributed by atoms with E-state index in [0.29, 0.717) is 10.6 Å². The van der Waals surface area contributed by atoms with E-state index in [9.17, 15) is 9.18 Å². The molecule has 0 fully saturated rings. The Labute approximate surface area is 112 Å². The molecule has 0 unspecified atom stereocenters. The van der Waals surface area contributed by atoms with E-state index in [0.717, 1.165) is 0 Å². The van der Waals surface area contributed by atoms with Crippen molar-refractivity contribution in [2.24, 2.45) is 11.7 Å². The third kappa shape index (κ3) is 3.68. The summed E-state index contributed by atoms with van der Waals surface area (Å²) in [5, 5.41) is 3.38. The number of amides is 1. The van der Waals surface area contributed by atoms with Gasteiger partial charge in [0.05, 0.1) is 6.04 Å². The van der Waals surface area contributed by atoms with Gasteiger partial charge in [-0.05, 0) is 25.0 Å². The molecular weight excluding hydrogens is 255 g/mol. The second-order valence-electron chi connectivity index (χ2n) is 4.68. The molecule has 3 nitrogen and oxygen atoms in total. The van der Waals surface area contributed by atoms with Crippen molar-refractivity contribution < 1.29 is 9.18 Å². The number of halogens is 2. The molecule has 18 heavy (non-hydrogen) atoms. The molecule has 5 heteroatoms. The number of carbonyl (C=O) groups is 1. The highest BCUT2D eigenvalue weighted by molar-refractivity contribution is 6.30. The summed E-state index contributed by atoms with van der Waals surface area (Å²) in [4.78, 5) is 11.1. The first-order valence-electron chi connectivity index (χ1n) is 5.83. The molecule has 0 aliphatic heterocycles. The molecule has 0 aromatic heterocycles. The SMILES string of the molecule is CC(C)[C@H](N[C@@H](C)C(N)=O)c1ccc(Cl)cc1F. The predicted octanol–water partition coefficient (Wildman–Crippen LogP) is 2.64. The van der Waals surface area contributed by atoms with E-state index in [1.807, 2.05) is 13.8 Å². The molecule has 100 valence electrons. The van der Waals surface area contributed by atoms with E-state index in [-0.39, 0.29) is 17.8 Å². The number of primary amides is 1. The standard InChI is InChI=1S/C13H18ClFN2O/c1-7(2)12(17-8(3)13(16)18)10-5-4-9(14)6-11(10)15/h4-8,12,17H,1-3H3,(H2,16,18)/t8-,12-/m0/s1. The quantitative estimate of drug-likeness (QED) is 0.866. The summed E-state index contributed by atoms with van der Waals surface area (Å²) in [6.07, 6.45) is 0. The van der Waals surface area contributed by atoms with Crippen molar-refractivity contribution in [2.75, 3.05) is 0 Å². The molecule has 0 bridgehead atoms. The van der Waals surface area contributed by atoms with Gasteiger partial charge < -0.3 is 5.73 Å². The van der Waals surface area contributed by atoms with Gasteiger partial charge in [-0.2, -0.15) is 0 Å². The molecule has 1 amide bonds. The Bertz CT molecular complexity index is 437. The number of hydrogen-bond acceptors (Lipinski definition) is 2. The van der Waals surface area contributed by atoms with Gasteiger partial charge in [-0.3, -0.25) is 10.1 Å². The number of benzene rings is 1. The summed E-state index contributed by atoms with van der Waals surface area (Å²) in [5.74, 6) is -0.733. The maximum atomic E-state index is 13.9. The zero-order valence-corrected chi connectivity index (χ0v) is 11.5. The van der Waals surface area contributed by atoms with Crippen molar-refractivity contribution in [3.8, 4) is 0 Å². The maximum Gasteiger partial charge on any atom is 0.234 e. The number of nitrogens with two attached hydrogens (primary N) is 1. The third-order valence-electron chi connectivity index (χ3n) is 2.82. The van der Waals surface area contributed by atoms with Crippen LogP contribution < -0.4 is 11.1 Å². The monoisotopic (exact) mass is 272 g/mol. The minimum Gasteiger partial charge on any atom is -0.368 e. The molecule has 3 N–H and O–H groups in total. The van der Waals surface area contributed by atoms with Crippen LogP contribution in [-0.4, -0.2) is 11.9 Å². The van der Waals surface area contributed by atoms with E-state index < -0.39 is 11.9 Å². The Morgan fingerprint density at radius 3 is 2.44 bits per heavy atom. The Hall–Kier alpha value is -1.13. The molecule has 0 heterocycles. The molecule has 0 radical (unpaired) electrons. The van der Waals surface area contributed by atoms with Crippen LogP contribution in [0.5, 0.6) is 0 Å². The topological polar surface area (TPSA) is 55.1 Å². The van der Waals surface area contributed by atoms with Gasteiger partial charge in [-0.1, -0.05) is 31.5 Å². The molecule has 0 saturated carbocycles. The first-order chi connectivity index (χ1) is 8.32. The maximum absolute atomic E-state index is 13.9. The van der Waals surface area contributed by atoms with Gasteiger partial charge in [0.1, 0.15) is 5.82 Å². The summed E-state index contributed by atoms with van der Waals surface area (Å²) < 4.78 is 13.9. The first-order valence-corrected chi connectivity index (χ1v) is 6.21. The van der Waals surface area contributed by atoms with E-state index >= 15 is 0 Å². The lowest BCUT2D eigenvalue weighted by atomic mass is 9.94. The number of nitrogens with one attached hydrogen (secondary N) is 1. The second kappa shape index (κ2) is 6.16. The summed E-state index contributed by atoms with van der Waals surface area (Å²) in [6.45, 7) is 5.55. The van der Waals surface area contributed by atoms with E-state index in [1.54, 1.807) is 19.1 Å². The van der Waals surface area contributed by atoms with E-state index in [2.05, 4.69) is 5.32 Å². The average molecular weight is 273 g/mol. The smallest absolute Gasteiger partial charge is 0.234 e. The molecule has 0 saturated heterocycles. The summed E-state index contributed by atoms with van der Waals surface area (Å²) in [6, 6.07) is 3.72. The van der Waals surface area contributed by atoms with Crippen LogP contribution in [0.3, 0.4) is 0 Å². The van der Waals surface area contributed by atoms with Crippen molar-refractivity contribution in [3.05, 3.63) is 34.6 Å². The van der Waals surface area contributed by atoms with Crippen LogP contribution in [0.25, 0.3) is 0 Å². The van der Waals surface area contributed by atoms with Crippen molar-refractivity contribution in [1.82, 2.24) is 5.32 Å². The molecule has 1 aromatic rings. The van der Waals surface area contributed by atoms with Crippen molar-refractivity contribution >= 4 is 17.5 Å². The van der Waals surface area contributed by atoms with Gasteiger partial charge in [0.15, 0.2) is 0 Å². The highest BCUT2D eigenvalue weighted by Gasteiger charge is 2.23. The van der Waals surface area contributed by atoms with Crippen LogP contribution in [0.15, 0.2) is 18.2 Å². The van der Waals surface area contributed by atoms with Crippen molar-refractivity contribution in [1.29, 1.82) is 0 Å². The van der Waals surface area contributed by atoms with Crippen LogP contribution in [0.4, 0.5) is 4.39 Å². The zero-order chi connectivity index (χ0) is 13.9. The molecule has 0 aliphatic carbocycles. The molecule has 1 aromatic carbocycles. The predicted molar refractivity (Wildman–Crippen MR) is 70.8 cm³/mol. The molecule has 2 atom stereocenters. The van der Waals surface area contributed by atoms with E-state index in [1.165, 1.54) is 6.07 Å². The minimum absolute atomic E-state index is 0.113. The second-order valence-corrected chi connectivity index (χ2v) is 5.11. The van der Waals surface area contributed by atoms with E-state index in [4.69, 9.17) is 17.3 Å². The Morgan fingerprint density at radius 2 is 2.00 bits per heavy atom. The molecule has 1 rings (SSSR count). The minimum atomic E-state index is -0.521. The largest absolute Gasteiger partial charge is 0.368 e. The van der Waals surface area contributed by atoms with Crippen molar-refractivity contribution in [2.45, 2.75) is 32.9 Å². The molecular formula is C13H18ClFN2O. The highest BCUT2D eigenvalue weighted by Crippen LogP contribution is 2.26. The fourth-order valence-electron chi connectivity index (χ4n) is 1.75.